The predicted molar refractivity (Wildman–Crippen MR) is 85.0 cm³/mol. The summed E-state index contributed by atoms with van der Waals surface area (Å²) in [7, 11) is 1.42. The normalized spacial score (nSPS) is 10.3. The number of carbonyl (C=O) groups is 2. The number of amides is 1. The molecule has 1 amide bonds. The van der Waals surface area contributed by atoms with Crippen molar-refractivity contribution in [1.82, 2.24) is 5.32 Å². The molecule has 0 unspecified atom stereocenters. The first-order chi connectivity index (χ1) is 9.70. The molecular formula is C15H28BrNO3. The van der Waals surface area contributed by atoms with Gasteiger partial charge in [-0.3, -0.25) is 9.59 Å². The van der Waals surface area contributed by atoms with E-state index in [1.165, 1.54) is 7.11 Å². The van der Waals surface area contributed by atoms with Crippen molar-refractivity contribution in [3.8, 4) is 0 Å². The van der Waals surface area contributed by atoms with Gasteiger partial charge in [0.25, 0.3) is 0 Å². The second-order valence-corrected chi connectivity index (χ2v) is 5.74. The Bertz CT molecular complexity index is 260. The third-order valence-electron chi connectivity index (χ3n) is 3.14. The lowest BCUT2D eigenvalue weighted by Crippen LogP contribution is -2.23. The van der Waals surface area contributed by atoms with E-state index < -0.39 is 0 Å². The SMILES string of the molecule is COC(=O)CCCCCCCNC(=O)CCCCCBr. The van der Waals surface area contributed by atoms with Gasteiger partial charge in [0.1, 0.15) is 0 Å². The Kier molecular flexibility index (Phi) is 14.4. The Balaban J connectivity index is 3.19. The van der Waals surface area contributed by atoms with Crippen LogP contribution in [0.15, 0.2) is 0 Å². The molecule has 0 aliphatic carbocycles. The summed E-state index contributed by atoms with van der Waals surface area (Å²) in [6, 6.07) is 0. The summed E-state index contributed by atoms with van der Waals surface area (Å²) in [5.74, 6) is 0.0439. The number of rotatable bonds is 13. The molecule has 0 aromatic rings. The highest BCUT2D eigenvalue weighted by Crippen LogP contribution is 2.06. The summed E-state index contributed by atoms with van der Waals surface area (Å²) in [5, 5.41) is 3.97. The maximum atomic E-state index is 11.5. The van der Waals surface area contributed by atoms with Gasteiger partial charge in [-0.15, -0.1) is 0 Å². The number of hydrogen-bond donors (Lipinski definition) is 1. The number of carbonyl (C=O) groups excluding carboxylic acids is 2. The molecule has 0 rings (SSSR count). The number of nitrogens with one attached hydrogen (secondary N) is 1. The lowest BCUT2D eigenvalue weighted by molar-refractivity contribution is -0.140. The average Bonchev–Trinajstić information content (AvgIpc) is 2.46. The Hall–Kier alpha value is -0.580. The molecule has 20 heavy (non-hydrogen) atoms. The van der Waals surface area contributed by atoms with Gasteiger partial charge in [-0.2, -0.15) is 0 Å². The minimum Gasteiger partial charge on any atom is -0.469 e. The van der Waals surface area contributed by atoms with Crippen molar-refractivity contribution in [1.29, 1.82) is 0 Å². The first-order valence-electron chi connectivity index (χ1n) is 7.60. The summed E-state index contributed by atoms with van der Waals surface area (Å²) < 4.78 is 4.58. The Morgan fingerprint density at radius 2 is 1.50 bits per heavy atom. The van der Waals surface area contributed by atoms with Crippen LogP contribution in [0.2, 0.25) is 0 Å². The van der Waals surface area contributed by atoms with Gasteiger partial charge in [-0.1, -0.05) is 41.6 Å². The highest BCUT2D eigenvalue weighted by molar-refractivity contribution is 9.09. The lowest BCUT2D eigenvalue weighted by atomic mass is 10.1. The minimum atomic E-state index is -0.128. The van der Waals surface area contributed by atoms with Crippen molar-refractivity contribution in [3.63, 3.8) is 0 Å². The smallest absolute Gasteiger partial charge is 0.305 e. The quantitative estimate of drug-likeness (QED) is 0.314. The number of alkyl halides is 1. The largest absolute Gasteiger partial charge is 0.469 e. The maximum Gasteiger partial charge on any atom is 0.305 e. The highest BCUT2D eigenvalue weighted by atomic mass is 79.9. The molecule has 0 spiro atoms. The van der Waals surface area contributed by atoms with Crippen LogP contribution < -0.4 is 5.32 Å². The zero-order valence-electron chi connectivity index (χ0n) is 12.6. The summed E-state index contributed by atoms with van der Waals surface area (Å²) in [6.45, 7) is 0.772. The van der Waals surface area contributed by atoms with E-state index in [1.807, 2.05) is 0 Å². The van der Waals surface area contributed by atoms with Crippen molar-refractivity contribution in [3.05, 3.63) is 0 Å². The van der Waals surface area contributed by atoms with Crippen LogP contribution in [0.1, 0.15) is 64.2 Å². The molecule has 0 heterocycles. The van der Waals surface area contributed by atoms with E-state index >= 15 is 0 Å². The fourth-order valence-electron chi connectivity index (χ4n) is 1.90. The lowest BCUT2D eigenvalue weighted by Gasteiger charge is -2.05. The third-order valence-corrected chi connectivity index (χ3v) is 3.71. The van der Waals surface area contributed by atoms with E-state index in [1.54, 1.807) is 0 Å². The first kappa shape index (κ1) is 19.4. The molecule has 5 heteroatoms. The zero-order valence-corrected chi connectivity index (χ0v) is 14.2. The topological polar surface area (TPSA) is 55.4 Å². The average molecular weight is 350 g/mol. The van der Waals surface area contributed by atoms with Gasteiger partial charge in [-0.05, 0) is 25.7 Å². The Morgan fingerprint density at radius 1 is 0.900 bits per heavy atom. The van der Waals surface area contributed by atoms with Gasteiger partial charge in [0.05, 0.1) is 7.11 Å². The van der Waals surface area contributed by atoms with E-state index in [0.29, 0.717) is 12.8 Å². The van der Waals surface area contributed by atoms with E-state index in [2.05, 4.69) is 26.0 Å². The van der Waals surface area contributed by atoms with Gasteiger partial charge in [0.2, 0.25) is 5.91 Å². The van der Waals surface area contributed by atoms with Crippen LogP contribution >= 0.6 is 15.9 Å². The van der Waals surface area contributed by atoms with Gasteiger partial charge < -0.3 is 10.1 Å². The summed E-state index contributed by atoms with van der Waals surface area (Å²) in [4.78, 5) is 22.4. The van der Waals surface area contributed by atoms with Crippen molar-refractivity contribution in [2.24, 2.45) is 0 Å². The van der Waals surface area contributed by atoms with Crippen molar-refractivity contribution in [2.45, 2.75) is 64.2 Å². The number of halogens is 1. The molecular weight excluding hydrogens is 322 g/mol. The van der Waals surface area contributed by atoms with Crippen LogP contribution in [0.3, 0.4) is 0 Å². The van der Waals surface area contributed by atoms with E-state index in [-0.39, 0.29) is 11.9 Å². The fourth-order valence-corrected chi connectivity index (χ4v) is 2.30. The first-order valence-corrected chi connectivity index (χ1v) is 8.72. The molecule has 118 valence electrons. The summed E-state index contributed by atoms with van der Waals surface area (Å²) >= 11 is 3.38. The second-order valence-electron chi connectivity index (χ2n) is 4.94. The molecule has 0 radical (unpaired) electrons. The van der Waals surface area contributed by atoms with E-state index in [0.717, 1.165) is 63.2 Å². The molecule has 4 nitrogen and oxygen atoms in total. The molecule has 0 atom stereocenters. The Morgan fingerprint density at radius 3 is 2.20 bits per heavy atom. The van der Waals surface area contributed by atoms with E-state index in [9.17, 15) is 9.59 Å². The summed E-state index contributed by atoms with van der Waals surface area (Å²) in [6.07, 6.45) is 9.56. The molecule has 0 fully saturated rings. The number of unbranched alkanes of at least 4 members (excludes halogenated alkanes) is 6. The molecule has 0 aromatic heterocycles. The van der Waals surface area contributed by atoms with Gasteiger partial charge >= 0.3 is 5.97 Å². The third kappa shape index (κ3) is 13.8. The predicted octanol–water partition coefficient (Wildman–Crippen LogP) is 3.57. The van der Waals surface area contributed by atoms with Crippen LogP contribution in [-0.2, 0) is 14.3 Å². The standard InChI is InChI=1S/C15H28BrNO3/c1-20-15(19)11-7-3-2-4-9-13-17-14(18)10-6-5-8-12-16/h2-13H2,1H3,(H,17,18). The molecule has 0 aliphatic heterocycles. The van der Waals surface area contributed by atoms with Gasteiger partial charge in [0, 0.05) is 24.7 Å². The second kappa shape index (κ2) is 14.8. The van der Waals surface area contributed by atoms with Crippen LogP contribution in [0.5, 0.6) is 0 Å². The number of ether oxygens (including phenoxy) is 1. The Labute approximate surface area is 131 Å². The number of esters is 1. The van der Waals surface area contributed by atoms with Crippen molar-refractivity contribution >= 4 is 27.8 Å². The molecule has 0 aromatic carbocycles. The fraction of sp³-hybridized carbons (Fsp3) is 0.867. The molecule has 0 bridgehead atoms. The number of methoxy groups -OCH3 is 1. The summed E-state index contributed by atoms with van der Waals surface area (Å²) in [5.41, 5.74) is 0. The van der Waals surface area contributed by atoms with Crippen LogP contribution in [-0.4, -0.2) is 30.9 Å². The van der Waals surface area contributed by atoms with Crippen LogP contribution in [0, 0.1) is 0 Å². The highest BCUT2D eigenvalue weighted by Gasteiger charge is 2.01. The monoisotopic (exact) mass is 349 g/mol. The van der Waals surface area contributed by atoms with Crippen LogP contribution in [0.25, 0.3) is 0 Å². The minimum absolute atomic E-state index is 0.128. The zero-order chi connectivity index (χ0) is 15.1. The molecule has 0 saturated carbocycles. The number of hydrogen-bond acceptors (Lipinski definition) is 3. The molecule has 0 saturated heterocycles. The van der Waals surface area contributed by atoms with Gasteiger partial charge in [0.15, 0.2) is 0 Å². The van der Waals surface area contributed by atoms with E-state index in [4.69, 9.17) is 0 Å². The maximum absolute atomic E-state index is 11.5. The van der Waals surface area contributed by atoms with Crippen LogP contribution in [0.4, 0.5) is 0 Å². The molecule has 0 aliphatic rings. The van der Waals surface area contributed by atoms with Gasteiger partial charge in [-0.25, -0.2) is 0 Å². The molecule has 1 N–H and O–H groups in total. The van der Waals surface area contributed by atoms with Crippen molar-refractivity contribution in [2.75, 3.05) is 19.0 Å². The van der Waals surface area contributed by atoms with Crippen molar-refractivity contribution < 1.29 is 14.3 Å².